The van der Waals surface area contributed by atoms with Crippen molar-refractivity contribution in [1.29, 1.82) is 5.26 Å². The first kappa shape index (κ1) is 20.6. The molecule has 0 spiro atoms. The summed E-state index contributed by atoms with van der Waals surface area (Å²) in [6.07, 6.45) is 8.63. The number of anilines is 2. The average molecular weight is 398 g/mol. The molecule has 0 bridgehead atoms. The predicted molar refractivity (Wildman–Crippen MR) is 121 cm³/mol. The number of aromatic nitrogens is 3. The van der Waals surface area contributed by atoms with Crippen molar-refractivity contribution in [3.63, 3.8) is 0 Å². The number of H-pyrrole nitrogens is 1. The number of aromatic amines is 1. The van der Waals surface area contributed by atoms with Crippen molar-refractivity contribution in [2.24, 2.45) is 0 Å². The number of nitrogen functional groups attached to an aromatic ring is 1. The van der Waals surface area contributed by atoms with Crippen molar-refractivity contribution < 1.29 is 0 Å². The maximum absolute atomic E-state index is 13.4. The molecular weight excluding hydrogens is 376 g/mol. The summed E-state index contributed by atoms with van der Waals surface area (Å²) in [4.78, 5) is 24.8. The predicted octanol–water partition coefficient (Wildman–Crippen LogP) is 4.09. The molecule has 4 N–H and O–H groups in total. The summed E-state index contributed by atoms with van der Waals surface area (Å²) in [5, 5.41) is 13.1. The molecule has 0 radical (unpaired) electrons. The lowest BCUT2D eigenvalue weighted by Gasteiger charge is -2.20. The van der Waals surface area contributed by atoms with E-state index in [1.54, 1.807) is 12.1 Å². The molecular formula is C23H22N6O. The summed E-state index contributed by atoms with van der Waals surface area (Å²) >= 11 is 0. The summed E-state index contributed by atoms with van der Waals surface area (Å²) in [5.41, 5.74) is 8.46. The van der Waals surface area contributed by atoms with E-state index in [0.29, 0.717) is 16.6 Å². The highest BCUT2D eigenvalue weighted by Crippen LogP contribution is 2.27. The molecule has 0 saturated heterocycles. The van der Waals surface area contributed by atoms with Gasteiger partial charge in [0.15, 0.2) is 5.43 Å². The molecule has 0 aliphatic rings. The van der Waals surface area contributed by atoms with Gasteiger partial charge in [0.05, 0.1) is 11.7 Å². The van der Waals surface area contributed by atoms with Crippen LogP contribution in [0.4, 0.5) is 11.6 Å². The Morgan fingerprint density at radius 2 is 2.13 bits per heavy atom. The number of nitrogens with two attached hydrogens (primary N) is 1. The van der Waals surface area contributed by atoms with Crippen molar-refractivity contribution in [2.75, 3.05) is 11.1 Å². The third kappa shape index (κ3) is 3.84. The minimum Gasteiger partial charge on any atom is -0.382 e. The number of pyridine rings is 1. The largest absolute Gasteiger partial charge is 0.382 e. The van der Waals surface area contributed by atoms with E-state index in [1.165, 1.54) is 6.33 Å². The quantitative estimate of drug-likeness (QED) is 0.538. The second-order valence-corrected chi connectivity index (χ2v) is 6.60. The Kier molecular flexibility index (Phi) is 6.08. The first-order valence-electron chi connectivity index (χ1n) is 9.39. The average Bonchev–Trinajstić information content (AvgIpc) is 2.74. The number of rotatable bonds is 6. The van der Waals surface area contributed by atoms with E-state index in [9.17, 15) is 10.1 Å². The number of allylic oxidation sites excluding steroid dienone is 5. The molecule has 0 amide bonds. The third-order valence-corrected chi connectivity index (χ3v) is 4.70. The Hall–Kier alpha value is -4.18. The topological polar surface area (TPSA) is 120 Å². The lowest BCUT2D eigenvalue weighted by atomic mass is 9.97. The molecule has 0 aliphatic heterocycles. The lowest BCUT2D eigenvalue weighted by molar-refractivity contribution is 0.853. The molecule has 1 atom stereocenters. The summed E-state index contributed by atoms with van der Waals surface area (Å²) in [7, 11) is 0. The Balaban J connectivity index is 2.23. The van der Waals surface area contributed by atoms with Crippen LogP contribution in [0.2, 0.25) is 0 Å². The second-order valence-electron chi connectivity index (χ2n) is 6.60. The smallest absolute Gasteiger partial charge is 0.195 e. The molecule has 1 unspecified atom stereocenters. The number of nitrogens with one attached hydrogen (secondary N) is 2. The van der Waals surface area contributed by atoms with Gasteiger partial charge in [0.25, 0.3) is 0 Å². The lowest BCUT2D eigenvalue weighted by Crippen LogP contribution is -2.22. The van der Waals surface area contributed by atoms with Gasteiger partial charge in [-0.1, -0.05) is 43.0 Å². The van der Waals surface area contributed by atoms with Crippen LogP contribution in [0, 0.1) is 11.3 Å². The molecule has 0 saturated carbocycles. The Bertz CT molecular complexity index is 1260. The van der Waals surface area contributed by atoms with Crippen molar-refractivity contribution in [2.45, 2.75) is 19.9 Å². The molecule has 150 valence electrons. The van der Waals surface area contributed by atoms with Crippen molar-refractivity contribution >= 4 is 28.1 Å². The number of benzene rings is 1. The van der Waals surface area contributed by atoms with E-state index in [1.807, 2.05) is 56.3 Å². The van der Waals surface area contributed by atoms with Gasteiger partial charge in [-0.25, -0.2) is 9.97 Å². The first-order valence-corrected chi connectivity index (χ1v) is 9.39. The zero-order valence-corrected chi connectivity index (χ0v) is 16.8. The first-order chi connectivity index (χ1) is 14.5. The second kappa shape index (κ2) is 8.88. The highest BCUT2D eigenvalue weighted by atomic mass is 16.1. The minimum absolute atomic E-state index is 0.0783. The number of nitriles is 1. The summed E-state index contributed by atoms with van der Waals surface area (Å²) in [5.74, 6) is 0.350. The summed E-state index contributed by atoms with van der Waals surface area (Å²) in [6, 6.07) is 8.85. The molecule has 3 aromatic rings. The van der Waals surface area contributed by atoms with Crippen LogP contribution in [0.15, 0.2) is 66.3 Å². The molecule has 1 aromatic carbocycles. The number of fused-ring (bicyclic) bond motifs is 1. The Labute approximate surface area is 174 Å². The maximum atomic E-state index is 13.4. The monoisotopic (exact) mass is 398 g/mol. The third-order valence-electron chi connectivity index (χ3n) is 4.70. The highest BCUT2D eigenvalue weighted by molar-refractivity contribution is 5.85. The number of para-hydroxylation sites is 1. The SMILES string of the molecule is C=C/C(=C\C=C/C)c1[nH]c2ccccc2c(=O)c1C(C)Nc1ncnc(N)c1C#N. The van der Waals surface area contributed by atoms with E-state index >= 15 is 0 Å². The molecule has 2 aromatic heterocycles. The Morgan fingerprint density at radius 3 is 2.83 bits per heavy atom. The molecule has 7 heteroatoms. The van der Waals surface area contributed by atoms with Crippen LogP contribution in [-0.4, -0.2) is 15.0 Å². The van der Waals surface area contributed by atoms with Crippen molar-refractivity contribution in [1.82, 2.24) is 15.0 Å². The normalized spacial score (nSPS) is 12.6. The van der Waals surface area contributed by atoms with Gasteiger partial charge < -0.3 is 16.0 Å². The summed E-state index contributed by atoms with van der Waals surface area (Å²) in [6.45, 7) is 7.64. The van der Waals surface area contributed by atoms with Gasteiger partial charge in [0, 0.05) is 16.5 Å². The minimum atomic E-state index is -0.483. The van der Waals surface area contributed by atoms with Crippen LogP contribution in [0.3, 0.4) is 0 Å². The zero-order chi connectivity index (χ0) is 21.7. The number of hydrogen-bond donors (Lipinski definition) is 3. The van der Waals surface area contributed by atoms with Gasteiger partial charge in [-0.3, -0.25) is 4.79 Å². The van der Waals surface area contributed by atoms with Crippen LogP contribution >= 0.6 is 0 Å². The molecule has 0 fully saturated rings. The molecule has 30 heavy (non-hydrogen) atoms. The van der Waals surface area contributed by atoms with Crippen LogP contribution in [-0.2, 0) is 0 Å². The molecule has 2 heterocycles. The zero-order valence-electron chi connectivity index (χ0n) is 16.8. The van der Waals surface area contributed by atoms with Gasteiger partial charge in [-0.15, -0.1) is 0 Å². The van der Waals surface area contributed by atoms with Gasteiger partial charge in [-0.2, -0.15) is 5.26 Å². The molecule has 7 nitrogen and oxygen atoms in total. The van der Waals surface area contributed by atoms with E-state index < -0.39 is 6.04 Å². The van der Waals surface area contributed by atoms with Crippen LogP contribution < -0.4 is 16.5 Å². The fourth-order valence-electron chi connectivity index (χ4n) is 3.24. The number of hydrogen-bond acceptors (Lipinski definition) is 6. The van der Waals surface area contributed by atoms with E-state index in [0.717, 1.165) is 11.1 Å². The fraction of sp³-hybridized carbons (Fsp3) is 0.130. The van der Waals surface area contributed by atoms with E-state index in [4.69, 9.17) is 5.73 Å². The van der Waals surface area contributed by atoms with Gasteiger partial charge in [-0.05, 0) is 31.6 Å². The fourth-order valence-corrected chi connectivity index (χ4v) is 3.24. The highest BCUT2D eigenvalue weighted by Gasteiger charge is 2.21. The standard InChI is InChI=1S/C23H22N6O/c1-4-6-9-15(5-2)20-19(21(30)16-10-7-8-11-18(16)29-20)14(3)28-23-17(12-24)22(25)26-13-27-23/h4-11,13-14H,2H2,1,3H3,(H,29,30)(H3,25,26,27,28)/b6-4-,15-9+. The van der Waals surface area contributed by atoms with Gasteiger partial charge in [0.1, 0.15) is 29.6 Å². The van der Waals surface area contributed by atoms with Crippen LogP contribution in [0.1, 0.15) is 36.7 Å². The maximum Gasteiger partial charge on any atom is 0.195 e. The molecule has 0 aliphatic carbocycles. The van der Waals surface area contributed by atoms with Crippen LogP contribution in [0.25, 0.3) is 16.5 Å². The Morgan fingerprint density at radius 1 is 1.37 bits per heavy atom. The van der Waals surface area contributed by atoms with Crippen molar-refractivity contribution in [3.8, 4) is 6.07 Å². The van der Waals surface area contributed by atoms with Gasteiger partial charge in [0.2, 0.25) is 0 Å². The van der Waals surface area contributed by atoms with Crippen molar-refractivity contribution in [3.05, 3.63) is 88.5 Å². The van der Waals surface area contributed by atoms with E-state index in [-0.39, 0.29) is 22.6 Å². The molecule has 3 rings (SSSR count). The van der Waals surface area contributed by atoms with E-state index in [2.05, 4.69) is 26.8 Å². The van der Waals surface area contributed by atoms with Crippen LogP contribution in [0.5, 0.6) is 0 Å². The van der Waals surface area contributed by atoms with Gasteiger partial charge >= 0.3 is 0 Å². The summed E-state index contributed by atoms with van der Waals surface area (Å²) < 4.78 is 0. The number of nitrogens with zero attached hydrogens (tertiary/aromatic N) is 3.